The molecule has 106 valence electrons. The van der Waals surface area contributed by atoms with Gasteiger partial charge in [0.1, 0.15) is 5.82 Å². The van der Waals surface area contributed by atoms with Crippen LogP contribution < -0.4 is 11.1 Å². The molecule has 1 aromatic rings. The van der Waals surface area contributed by atoms with Gasteiger partial charge in [-0.05, 0) is 37.5 Å². The number of hydrogen-bond acceptors (Lipinski definition) is 3. The lowest BCUT2D eigenvalue weighted by molar-refractivity contribution is 0.318. The van der Waals surface area contributed by atoms with E-state index in [1.165, 1.54) is 12.1 Å². The van der Waals surface area contributed by atoms with Crippen LogP contribution >= 0.6 is 0 Å². The normalized spacial score (nSPS) is 12.7. The van der Waals surface area contributed by atoms with E-state index in [2.05, 4.69) is 31.2 Å². The molecule has 0 aromatic heterocycles. The second-order valence-electron chi connectivity index (χ2n) is 4.91. The van der Waals surface area contributed by atoms with Crippen LogP contribution in [0.15, 0.2) is 23.4 Å². The molecule has 4 nitrogen and oxygen atoms in total. The van der Waals surface area contributed by atoms with Crippen LogP contribution in [-0.2, 0) is 6.54 Å². The Balaban J connectivity index is 2.95. The Morgan fingerprint density at radius 1 is 1.42 bits per heavy atom. The van der Waals surface area contributed by atoms with Crippen LogP contribution in [0.1, 0.15) is 44.7 Å². The molecule has 0 amide bonds. The average molecular weight is 267 g/mol. The molecule has 1 rings (SSSR count). The summed E-state index contributed by atoms with van der Waals surface area (Å²) in [6.45, 7) is 6.92. The molecule has 0 unspecified atom stereocenters. The highest BCUT2D eigenvalue weighted by Crippen LogP contribution is 2.17. The van der Waals surface area contributed by atoms with Crippen molar-refractivity contribution in [2.75, 3.05) is 0 Å². The van der Waals surface area contributed by atoms with Gasteiger partial charge in [0, 0.05) is 17.6 Å². The third-order valence-corrected chi connectivity index (χ3v) is 3.72. The number of amidine groups is 1. The molecule has 5 heteroatoms. The van der Waals surface area contributed by atoms with E-state index in [0.29, 0.717) is 12.1 Å². The summed E-state index contributed by atoms with van der Waals surface area (Å²) >= 11 is 0. The minimum absolute atomic E-state index is 0.0246. The van der Waals surface area contributed by atoms with Crippen molar-refractivity contribution in [3.05, 3.63) is 35.1 Å². The fraction of sp³-hybridized carbons (Fsp3) is 0.500. The molecule has 0 fully saturated rings. The zero-order chi connectivity index (χ0) is 14.5. The summed E-state index contributed by atoms with van der Waals surface area (Å²) in [5.74, 6) is -0.481. The Kier molecular flexibility index (Phi) is 5.30. The predicted octanol–water partition coefficient (Wildman–Crippen LogP) is 2.59. The van der Waals surface area contributed by atoms with Crippen molar-refractivity contribution in [3.8, 4) is 0 Å². The Labute approximate surface area is 113 Å². The van der Waals surface area contributed by atoms with Crippen molar-refractivity contribution in [2.24, 2.45) is 10.9 Å². The van der Waals surface area contributed by atoms with Crippen LogP contribution in [0.3, 0.4) is 0 Å². The number of rotatable bonds is 6. The minimum atomic E-state index is -0.404. The van der Waals surface area contributed by atoms with E-state index in [-0.39, 0.29) is 11.4 Å². The number of hydrogen-bond donors (Lipinski definition) is 3. The molecule has 0 aliphatic carbocycles. The molecule has 0 aliphatic heterocycles. The molecule has 0 saturated heterocycles. The number of nitrogens with two attached hydrogens (primary N) is 1. The molecule has 0 bridgehead atoms. The van der Waals surface area contributed by atoms with Crippen LogP contribution in [0.5, 0.6) is 0 Å². The fourth-order valence-electron chi connectivity index (χ4n) is 1.80. The van der Waals surface area contributed by atoms with Crippen LogP contribution in [0.4, 0.5) is 4.39 Å². The Morgan fingerprint density at radius 3 is 2.58 bits per heavy atom. The Bertz CT molecular complexity index is 456. The molecule has 0 aliphatic rings. The van der Waals surface area contributed by atoms with Crippen LogP contribution in [-0.4, -0.2) is 16.6 Å². The smallest absolute Gasteiger partial charge is 0.170 e. The maximum Gasteiger partial charge on any atom is 0.170 e. The molecule has 0 atom stereocenters. The number of benzene rings is 1. The first kappa shape index (κ1) is 15.4. The van der Waals surface area contributed by atoms with Crippen molar-refractivity contribution in [3.63, 3.8) is 0 Å². The lowest BCUT2D eigenvalue weighted by atomic mass is 9.94. The van der Waals surface area contributed by atoms with E-state index in [9.17, 15) is 4.39 Å². The van der Waals surface area contributed by atoms with E-state index in [1.807, 2.05) is 0 Å². The highest BCUT2D eigenvalue weighted by molar-refractivity contribution is 5.98. The van der Waals surface area contributed by atoms with Crippen molar-refractivity contribution in [2.45, 2.75) is 45.7 Å². The SMILES string of the molecule is CCC(C)(CC)NCc1ccc(F)cc1/C(N)=N/O. The number of nitrogens with zero attached hydrogens (tertiary/aromatic N) is 1. The van der Waals surface area contributed by atoms with Crippen molar-refractivity contribution < 1.29 is 9.60 Å². The first-order valence-electron chi connectivity index (χ1n) is 6.47. The number of halogens is 1. The highest BCUT2D eigenvalue weighted by atomic mass is 19.1. The standard InChI is InChI=1S/C14H22FN3O/c1-4-14(3,5-2)17-9-10-6-7-11(15)8-12(10)13(16)18-19/h6-8,17,19H,4-5,9H2,1-3H3,(H2,16,18). The van der Waals surface area contributed by atoms with Gasteiger partial charge in [0.25, 0.3) is 0 Å². The van der Waals surface area contributed by atoms with Crippen molar-refractivity contribution in [1.82, 2.24) is 5.32 Å². The molecule has 4 N–H and O–H groups in total. The summed E-state index contributed by atoms with van der Waals surface area (Å²) in [4.78, 5) is 0. The second-order valence-corrected chi connectivity index (χ2v) is 4.91. The van der Waals surface area contributed by atoms with Gasteiger partial charge in [-0.1, -0.05) is 25.1 Å². The lowest BCUT2D eigenvalue weighted by Gasteiger charge is -2.28. The van der Waals surface area contributed by atoms with Gasteiger partial charge in [-0.3, -0.25) is 0 Å². The molecule has 0 saturated carbocycles. The van der Waals surface area contributed by atoms with E-state index in [1.54, 1.807) is 6.07 Å². The monoisotopic (exact) mass is 267 g/mol. The number of nitrogens with one attached hydrogen (secondary N) is 1. The fourth-order valence-corrected chi connectivity index (χ4v) is 1.80. The summed E-state index contributed by atoms with van der Waals surface area (Å²) in [7, 11) is 0. The predicted molar refractivity (Wildman–Crippen MR) is 74.7 cm³/mol. The van der Waals surface area contributed by atoms with E-state index >= 15 is 0 Å². The first-order valence-corrected chi connectivity index (χ1v) is 6.47. The quantitative estimate of drug-likeness (QED) is 0.321. The lowest BCUT2D eigenvalue weighted by Crippen LogP contribution is -2.40. The molecule has 0 radical (unpaired) electrons. The second kappa shape index (κ2) is 6.52. The Hall–Kier alpha value is -1.62. The van der Waals surface area contributed by atoms with Gasteiger partial charge < -0.3 is 16.3 Å². The molecule has 1 aromatic carbocycles. The van der Waals surface area contributed by atoms with Gasteiger partial charge in [0.05, 0.1) is 0 Å². The third kappa shape index (κ3) is 3.92. The summed E-state index contributed by atoms with van der Waals surface area (Å²) < 4.78 is 13.2. The zero-order valence-electron chi connectivity index (χ0n) is 11.7. The van der Waals surface area contributed by atoms with Crippen molar-refractivity contribution in [1.29, 1.82) is 0 Å². The average Bonchev–Trinajstić information content (AvgIpc) is 2.44. The molecule has 0 spiro atoms. The van der Waals surface area contributed by atoms with Crippen molar-refractivity contribution >= 4 is 5.84 Å². The maximum absolute atomic E-state index is 13.2. The summed E-state index contributed by atoms with van der Waals surface area (Å²) in [5.41, 5.74) is 6.83. The van der Waals surface area contributed by atoms with Gasteiger partial charge in [0.15, 0.2) is 5.84 Å². The molecular formula is C14H22FN3O. The van der Waals surface area contributed by atoms with Crippen LogP contribution in [0, 0.1) is 5.82 Å². The molecule has 0 heterocycles. The van der Waals surface area contributed by atoms with E-state index < -0.39 is 5.82 Å². The van der Waals surface area contributed by atoms with E-state index in [4.69, 9.17) is 10.9 Å². The maximum atomic E-state index is 13.2. The summed E-state index contributed by atoms with van der Waals surface area (Å²) in [6.07, 6.45) is 1.98. The largest absolute Gasteiger partial charge is 0.409 e. The molecular weight excluding hydrogens is 245 g/mol. The van der Waals surface area contributed by atoms with Crippen LogP contribution in [0.25, 0.3) is 0 Å². The Morgan fingerprint density at radius 2 is 2.05 bits per heavy atom. The summed E-state index contributed by atoms with van der Waals surface area (Å²) in [6, 6.07) is 4.31. The number of oxime groups is 1. The molecule has 19 heavy (non-hydrogen) atoms. The van der Waals surface area contributed by atoms with Gasteiger partial charge >= 0.3 is 0 Å². The van der Waals surface area contributed by atoms with Gasteiger partial charge in [-0.2, -0.15) is 0 Å². The summed E-state index contributed by atoms with van der Waals surface area (Å²) in [5, 5.41) is 15.1. The third-order valence-electron chi connectivity index (χ3n) is 3.72. The zero-order valence-corrected chi connectivity index (χ0v) is 11.7. The first-order chi connectivity index (χ1) is 8.95. The van der Waals surface area contributed by atoms with Crippen LogP contribution in [0.2, 0.25) is 0 Å². The highest BCUT2D eigenvalue weighted by Gasteiger charge is 2.19. The topological polar surface area (TPSA) is 70.6 Å². The van der Waals surface area contributed by atoms with Gasteiger partial charge in [-0.15, -0.1) is 0 Å². The van der Waals surface area contributed by atoms with E-state index in [0.717, 1.165) is 18.4 Å². The van der Waals surface area contributed by atoms with Gasteiger partial charge in [0.2, 0.25) is 0 Å². The van der Waals surface area contributed by atoms with Gasteiger partial charge in [-0.25, -0.2) is 4.39 Å². The minimum Gasteiger partial charge on any atom is -0.409 e.